The molecule has 100 valence electrons. The topological polar surface area (TPSA) is 45.1 Å². The van der Waals surface area contributed by atoms with E-state index in [1.54, 1.807) is 0 Å². The van der Waals surface area contributed by atoms with Gasteiger partial charge in [0, 0.05) is 32.9 Å². The third-order valence-corrected chi connectivity index (χ3v) is 4.97. The molecule has 2 aromatic rings. The van der Waals surface area contributed by atoms with Crippen molar-refractivity contribution in [1.29, 1.82) is 0 Å². The van der Waals surface area contributed by atoms with Crippen molar-refractivity contribution in [3.8, 4) is 0 Å². The van der Waals surface area contributed by atoms with Crippen LogP contribution in [0, 0.1) is 5.41 Å². The number of aliphatic hydroxyl groups is 1. The quantitative estimate of drug-likeness (QED) is 0.889. The van der Waals surface area contributed by atoms with Gasteiger partial charge in [0.15, 0.2) is 0 Å². The maximum Gasteiger partial charge on any atom is 0.134 e. The molecule has 1 aromatic carbocycles. The van der Waals surface area contributed by atoms with Crippen LogP contribution in [-0.4, -0.2) is 22.2 Å². The first-order valence-corrected chi connectivity index (χ1v) is 7.27. The van der Waals surface area contributed by atoms with E-state index in [1.807, 2.05) is 24.4 Å². The first-order valence-electron chi connectivity index (χ1n) is 6.48. The van der Waals surface area contributed by atoms with E-state index in [0.717, 1.165) is 27.5 Å². The summed E-state index contributed by atoms with van der Waals surface area (Å²) in [6, 6.07) is 8.38. The molecule has 19 heavy (non-hydrogen) atoms. The highest BCUT2D eigenvalue weighted by Gasteiger charge is 2.47. The molecule has 3 nitrogen and oxygen atoms in total. The third-order valence-electron chi connectivity index (χ3n) is 4.28. The van der Waals surface area contributed by atoms with Crippen molar-refractivity contribution >= 4 is 32.5 Å². The smallest absolute Gasteiger partial charge is 0.134 e. The largest absolute Gasteiger partial charge is 0.392 e. The predicted octanol–water partition coefficient (Wildman–Crippen LogP) is 3.57. The summed E-state index contributed by atoms with van der Waals surface area (Å²) in [6.07, 6.45) is 2.36. The average Bonchev–Trinajstić information content (AvgIpc) is 2.39. The number of nitrogens with one attached hydrogen (secondary N) is 1. The Kier molecular flexibility index (Phi) is 3.02. The van der Waals surface area contributed by atoms with Gasteiger partial charge in [-0.25, -0.2) is 4.98 Å². The second-order valence-corrected chi connectivity index (χ2v) is 6.62. The molecule has 4 heteroatoms. The van der Waals surface area contributed by atoms with Crippen molar-refractivity contribution in [2.75, 3.05) is 5.32 Å². The molecule has 1 aliphatic carbocycles. The molecule has 2 atom stereocenters. The van der Waals surface area contributed by atoms with Gasteiger partial charge in [0.1, 0.15) is 5.82 Å². The van der Waals surface area contributed by atoms with Crippen molar-refractivity contribution in [2.24, 2.45) is 5.41 Å². The molecule has 0 saturated heterocycles. The summed E-state index contributed by atoms with van der Waals surface area (Å²) in [5.74, 6) is 0.892. The highest BCUT2D eigenvalue weighted by Crippen LogP contribution is 2.42. The monoisotopic (exact) mass is 320 g/mol. The normalized spacial score (nSPS) is 25.1. The molecule has 0 aliphatic heterocycles. The maximum atomic E-state index is 9.81. The lowest BCUT2D eigenvalue weighted by Crippen LogP contribution is -2.57. The van der Waals surface area contributed by atoms with Crippen molar-refractivity contribution < 1.29 is 5.11 Å². The first kappa shape index (κ1) is 12.9. The highest BCUT2D eigenvalue weighted by molar-refractivity contribution is 9.10. The lowest BCUT2D eigenvalue weighted by Gasteiger charge is -2.49. The van der Waals surface area contributed by atoms with Gasteiger partial charge in [0.2, 0.25) is 0 Å². The molecule has 1 saturated carbocycles. The summed E-state index contributed by atoms with van der Waals surface area (Å²) >= 11 is 3.56. The molecule has 2 N–H and O–H groups in total. The Bertz CT molecular complexity index is 627. The Morgan fingerprint density at radius 3 is 2.79 bits per heavy atom. The van der Waals surface area contributed by atoms with Gasteiger partial charge >= 0.3 is 0 Å². The number of nitrogens with zero attached hydrogens (tertiary/aromatic N) is 1. The van der Waals surface area contributed by atoms with Crippen LogP contribution in [0.15, 0.2) is 34.9 Å². The van der Waals surface area contributed by atoms with Crippen LogP contribution in [-0.2, 0) is 0 Å². The SMILES string of the molecule is CC1(C)C(O)CC1Nc1nccc2c(Br)cccc12. The minimum absolute atomic E-state index is 0.101. The van der Waals surface area contributed by atoms with Crippen LogP contribution in [0.25, 0.3) is 10.8 Å². The number of benzene rings is 1. The van der Waals surface area contributed by atoms with E-state index in [0.29, 0.717) is 0 Å². The summed E-state index contributed by atoms with van der Waals surface area (Å²) in [7, 11) is 0. The second kappa shape index (κ2) is 4.46. The minimum atomic E-state index is -0.230. The van der Waals surface area contributed by atoms with Gasteiger partial charge in [-0.2, -0.15) is 0 Å². The van der Waals surface area contributed by atoms with Crippen molar-refractivity contribution in [3.63, 3.8) is 0 Å². The summed E-state index contributed by atoms with van der Waals surface area (Å²) in [5.41, 5.74) is -0.101. The van der Waals surface area contributed by atoms with Crippen molar-refractivity contribution in [3.05, 3.63) is 34.9 Å². The lowest BCUT2D eigenvalue weighted by atomic mass is 9.64. The van der Waals surface area contributed by atoms with Gasteiger partial charge in [-0.1, -0.05) is 41.9 Å². The standard InChI is InChI=1S/C15H17BrN2O/c1-15(2)12(8-13(15)19)18-14-10-4-3-5-11(16)9(10)6-7-17-14/h3-7,12-13,19H,8H2,1-2H3,(H,17,18). The van der Waals surface area contributed by atoms with Gasteiger partial charge in [-0.15, -0.1) is 0 Å². The number of hydrogen-bond donors (Lipinski definition) is 2. The van der Waals surface area contributed by atoms with Gasteiger partial charge in [-0.3, -0.25) is 0 Å². The number of halogens is 1. The van der Waals surface area contributed by atoms with E-state index in [9.17, 15) is 5.11 Å². The Morgan fingerprint density at radius 2 is 2.11 bits per heavy atom. The fraction of sp³-hybridized carbons (Fsp3) is 0.400. The van der Waals surface area contributed by atoms with E-state index in [2.05, 4.69) is 46.1 Å². The van der Waals surface area contributed by atoms with E-state index < -0.39 is 0 Å². The molecule has 1 fully saturated rings. The van der Waals surface area contributed by atoms with Crippen LogP contribution in [0.5, 0.6) is 0 Å². The van der Waals surface area contributed by atoms with E-state index in [4.69, 9.17) is 0 Å². The fourth-order valence-corrected chi connectivity index (χ4v) is 3.09. The molecule has 0 amide bonds. The average molecular weight is 321 g/mol. The number of anilines is 1. The molecule has 1 aliphatic rings. The van der Waals surface area contributed by atoms with Crippen LogP contribution in [0.1, 0.15) is 20.3 Å². The van der Waals surface area contributed by atoms with E-state index in [1.165, 1.54) is 0 Å². The van der Waals surface area contributed by atoms with Crippen LogP contribution in [0.4, 0.5) is 5.82 Å². The number of aliphatic hydroxyl groups excluding tert-OH is 1. The number of rotatable bonds is 2. The molecule has 0 spiro atoms. The fourth-order valence-electron chi connectivity index (χ4n) is 2.60. The third kappa shape index (κ3) is 2.03. The summed E-state index contributed by atoms with van der Waals surface area (Å²) < 4.78 is 1.07. The zero-order valence-electron chi connectivity index (χ0n) is 11.0. The number of pyridine rings is 1. The molecular weight excluding hydrogens is 304 g/mol. The van der Waals surface area contributed by atoms with Crippen molar-refractivity contribution in [1.82, 2.24) is 4.98 Å². The summed E-state index contributed by atoms with van der Waals surface area (Å²) in [5, 5.41) is 15.5. The molecule has 2 unspecified atom stereocenters. The Balaban J connectivity index is 1.96. The molecular formula is C15H17BrN2O. The molecule has 0 bridgehead atoms. The second-order valence-electron chi connectivity index (χ2n) is 5.76. The molecule has 0 radical (unpaired) electrons. The maximum absolute atomic E-state index is 9.81. The van der Waals surface area contributed by atoms with Gasteiger partial charge < -0.3 is 10.4 Å². The first-order chi connectivity index (χ1) is 9.00. The highest BCUT2D eigenvalue weighted by atomic mass is 79.9. The zero-order chi connectivity index (χ0) is 13.6. The number of fused-ring (bicyclic) bond motifs is 1. The van der Waals surface area contributed by atoms with Crippen LogP contribution in [0.3, 0.4) is 0 Å². The Labute approximate surface area is 121 Å². The van der Waals surface area contributed by atoms with Gasteiger partial charge in [0.05, 0.1) is 6.10 Å². The van der Waals surface area contributed by atoms with Gasteiger partial charge in [-0.05, 0) is 18.6 Å². The Hall–Kier alpha value is -1.13. The van der Waals surface area contributed by atoms with E-state index >= 15 is 0 Å². The lowest BCUT2D eigenvalue weighted by molar-refractivity contribution is -0.0511. The van der Waals surface area contributed by atoms with E-state index in [-0.39, 0.29) is 17.6 Å². The Morgan fingerprint density at radius 1 is 1.32 bits per heavy atom. The zero-order valence-corrected chi connectivity index (χ0v) is 12.6. The molecule has 1 heterocycles. The summed E-state index contributed by atoms with van der Waals surface area (Å²) in [4.78, 5) is 4.45. The molecule has 1 aromatic heterocycles. The number of hydrogen-bond acceptors (Lipinski definition) is 3. The van der Waals surface area contributed by atoms with Crippen LogP contribution >= 0.6 is 15.9 Å². The van der Waals surface area contributed by atoms with Crippen LogP contribution < -0.4 is 5.32 Å². The molecule has 3 rings (SSSR count). The van der Waals surface area contributed by atoms with Gasteiger partial charge in [0.25, 0.3) is 0 Å². The number of aromatic nitrogens is 1. The van der Waals surface area contributed by atoms with Crippen molar-refractivity contribution in [2.45, 2.75) is 32.4 Å². The minimum Gasteiger partial charge on any atom is -0.392 e. The predicted molar refractivity (Wildman–Crippen MR) is 81.3 cm³/mol. The van der Waals surface area contributed by atoms with Crippen LogP contribution in [0.2, 0.25) is 0 Å². The summed E-state index contributed by atoms with van der Waals surface area (Å²) in [6.45, 7) is 4.17.